The van der Waals surface area contributed by atoms with E-state index in [-0.39, 0.29) is 0 Å². The summed E-state index contributed by atoms with van der Waals surface area (Å²) in [7, 11) is -4.56. The van der Waals surface area contributed by atoms with Gasteiger partial charge in [0.25, 0.3) is 0 Å². The van der Waals surface area contributed by atoms with Crippen molar-refractivity contribution in [2.24, 2.45) is 10.8 Å². The Labute approximate surface area is 79.2 Å². The van der Waals surface area contributed by atoms with Crippen LogP contribution in [-0.2, 0) is 18.7 Å². The summed E-state index contributed by atoms with van der Waals surface area (Å²) in [5, 5.41) is 0. The second-order valence-electron chi connectivity index (χ2n) is 2.15. The normalized spacial score (nSPS) is 16.4. The van der Waals surface area contributed by atoms with Crippen LogP contribution >= 0.6 is 7.75 Å². The Morgan fingerprint density at radius 2 is 2.36 bits per heavy atom. The molecule has 0 aromatic carbocycles. The molecule has 0 aromatic rings. The molecule has 8 nitrogen and oxygen atoms in total. The minimum absolute atomic E-state index is 0.430. The molecule has 0 radical (unpaired) electrons. The van der Waals surface area contributed by atoms with Gasteiger partial charge in [-0.1, -0.05) is 6.08 Å². The highest BCUT2D eigenvalue weighted by Gasteiger charge is 2.26. The van der Waals surface area contributed by atoms with Gasteiger partial charge < -0.3 is 9.73 Å². The quantitative estimate of drug-likeness (QED) is 0.286. The highest BCUT2D eigenvalue weighted by molar-refractivity contribution is 7.51. The minimum Gasteiger partial charge on any atom is -0.373 e. The van der Waals surface area contributed by atoms with E-state index < -0.39 is 26.2 Å². The van der Waals surface area contributed by atoms with Gasteiger partial charge in [0.15, 0.2) is 0 Å². The lowest BCUT2D eigenvalue weighted by molar-refractivity contribution is -0.145. The number of carbonyl (C=O) groups excluding carboxylic acids is 1. The zero-order valence-electron chi connectivity index (χ0n) is 7.03. The van der Waals surface area contributed by atoms with Gasteiger partial charge in [-0.05, 0) is 0 Å². The van der Waals surface area contributed by atoms with Gasteiger partial charge in [0.1, 0.15) is 0 Å². The van der Waals surface area contributed by atoms with Crippen molar-refractivity contribution < 1.29 is 23.6 Å². The maximum absolute atomic E-state index is 10.6. The molecule has 2 unspecified atom stereocenters. The number of carbonyl (C=O) groups is 1. The molecule has 0 saturated heterocycles. The van der Waals surface area contributed by atoms with E-state index in [1.807, 2.05) is 4.95 Å². The second-order valence-corrected chi connectivity index (χ2v) is 3.50. The molecule has 14 heavy (non-hydrogen) atoms. The lowest BCUT2D eigenvalue weighted by Crippen LogP contribution is -2.18. The van der Waals surface area contributed by atoms with Crippen LogP contribution in [0.3, 0.4) is 0 Å². The summed E-state index contributed by atoms with van der Waals surface area (Å²) in [6.07, 6.45) is -0.537. The van der Waals surface area contributed by atoms with Crippen LogP contribution in [0.2, 0.25) is 0 Å². The number of rotatable bonds is 6. The number of nitrogens with zero attached hydrogens (tertiary/aromatic N) is 1. The summed E-state index contributed by atoms with van der Waals surface area (Å²) >= 11 is 0. The van der Waals surface area contributed by atoms with E-state index in [9.17, 15) is 14.3 Å². The van der Waals surface area contributed by atoms with Gasteiger partial charge in [-0.3, -0.25) is 9.32 Å². The summed E-state index contributed by atoms with van der Waals surface area (Å²) in [6, 6.07) is 0. The zero-order valence-corrected chi connectivity index (χ0v) is 7.92. The molecule has 9 heteroatoms. The Morgan fingerprint density at radius 3 is 2.71 bits per heavy atom. The Kier molecular flexibility index (Phi) is 5.18. The molecule has 0 amide bonds. The third kappa shape index (κ3) is 4.83. The van der Waals surface area contributed by atoms with Crippen LogP contribution in [0.5, 0.6) is 0 Å². The van der Waals surface area contributed by atoms with Gasteiger partial charge in [-0.25, -0.2) is 4.57 Å². The molecule has 0 bridgehead atoms. The Bertz CT molecular complexity index is 279. The summed E-state index contributed by atoms with van der Waals surface area (Å²) in [5.74, 6) is 3.64. The van der Waals surface area contributed by atoms with E-state index in [1.54, 1.807) is 0 Å². The topological polar surface area (TPSA) is 128 Å². The first kappa shape index (κ1) is 12.9. The Hall–Kier alpha value is -1.08. The van der Waals surface area contributed by atoms with Crippen LogP contribution in [0.25, 0.3) is 0 Å². The maximum atomic E-state index is 10.6. The second kappa shape index (κ2) is 5.61. The van der Waals surface area contributed by atoms with Gasteiger partial charge in [0.2, 0.25) is 0 Å². The molecule has 0 spiro atoms. The summed E-state index contributed by atoms with van der Waals surface area (Å²) < 4.78 is 14.9. The van der Waals surface area contributed by atoms with E-state index in [2.05, 4.69) is 21.8 Å². The average Bonchev–Trinajstić information content (AvgIpc) is 2.16. The molecule has 0 aliphatic heterocycles. The van der Waals surface area contributed by atoms with Crippen LogP contribution < -0.4 is 5.90 Å². The fourth-order valence-electron chi connectivity index (χ4n) is 0.572. The van der Waals surface area contributed by atoms with Crippen LogP contribution in [0.15, 0.2) is 17.6 Å². The monoisotopic (exact) mass is 224 g/mol. The van der Waals surface area contributed by atoms with Crippen molar-refractivity contribution in [2.75, 3.05) is 0 Å². The Morgan fingerprint density at radius 1 is 1.79 bits per heavy atom. The SMILES string of the molecule is C=CC(CC(=O)ON)OP(=O)(O)N=O. The third-order valence-electron chi connectivity index (χ3n) is 1.14. The van der Waals surface area contributed by atoms with E-state index in [4.69, 9.17) is 4.89 Å². The highest BCUT2D eigenvalue weighted by Crippen LogP contribution is 2.44. The van der Waals surface area contributed by atoms with Gasteiger partial charge in [0, 0.05) is 4.95 Å². The average molecular weight is 224 g/mol. The number of hydrogen-bond acceptors (Lipinski definition) is 6. The van der Waals surface area contributed by atoms with Crippen LogP contribution in [-0.4, -0.2) is 17.0 Å². The van der Waals surface area contributed by atoms with Crippen molar-refractivity contribution >= 4 is 13.7 Å². The fraction of sp³-hybridized carbons (Fsp3) is 0.400. The van der Waals surface area contributed by atoms with Crippen LogP contribution in [0.1, 0.15) is 6.42 Å². The predicted molar refractivity (Wildman–Crippen MR) is 45.6 cm³/mol. The maximum Gasteiger partial charge on any atom is 0.487 e. The molecular formula is C5H9N2O6P. The van der Waals surface area contributed by atoms with Crippen molar-refractivity contribution in [2.45, 2.75) is 12.5 Å². The highest BCUT2D eigenvalue weighted by atomic mass is 31.2. The number of nitrogens with two attached hydrogens (primary N) is 1. The smallest absolute Gasteiger partial charge is 0.373 e. The van der Waals surface area contributed by atoms with Gasteiger partial charge in [-0.15, -0.1) is 11.5 Å². The van der Waals surface area contributed by atoms with Gasteiger partial charge in [-0.2, -0.15) is 5.90 Å². The molecule has 0 saturated carbocycles. The molecular weight excluding hydrogens is 215 g/mol. The lowest BCUT2D eigenvalue weighted by atomic mass is 10.2. The first-order valence-corrected chi connectivity index (χ1v) is 4.86. The first-order chi connectivity index (χ1) is 6.45. The molecule has 80 valence electrons. The zero-order chi connectivity index (χ0) is 11.2. The number of hydrogen-bond donors (Lipinski definition) is 2. The fourth-order valence-corrected chi connectivity index (χ4v) is 1.12. The lowest BCUT2D eigenvalue weighted by Gasteiger charge is -2.11. The van der Waals surface area contributed by atoms with Crippen molar-refractivity contribution in [3.05, 3.63) is 17.6 Å². The molecule has 2 atom stereocenters. The molecule has 3 N–H and O–H groups in total. The number of nitroso groups, excluding NO2 is 1. The van der Waals surface area contributed by atoms with Crippen LogP contribution in [0, 0.1) is 4.91 Å². The summed E-state index contributed by atoms with van der Waals surface area (Å²) in [4.78, 5) is 34.6. The van der Waals surface area contributed by atoms with Crippen molar-refractivity contribution in [1.82, 2.24) is 0 Å². The molecule has 0 aromatic heterocycles. The molecule has 0 aliphatic rings. The molecule has 0 aliphatic carbocycles. The largest absolute Gasteiger partial charge is 0.487 e. The third-order valence-corrected chi connectivity index (χ3v) is 1.89. The molecule has 0 fully saturated rings. The van der Waals surface area contributed by atoms with E-state index in [0.29, 0.717) is 0 Å². The standard InChI is InChI=1S/C5H9N2O6P/c1-2-4(3-5(8)12-6)13-14(10,11)7-9/h2,4H,1,3,6H2,(H,10,11). The summed E-state index contributed by atoms with van der Waals surface area (Å²) in [6.45, 7) is 3.22. The van der Waals surface area contributed by atoms with Crippen LogP contribution in [0.4, 0.5) is 0 Å². The van der Waals surface area contributed by atoms with Gasteiger partial charge >= 0.3 is 13.7 Å². The van der Waals surface area contributed by atoms with Crippen molar-refractivity contribution in [3.63, 3.8) is 0 Å². The van der Waals surface area contributed by atoms with Crippen molar-refractivity contribution in [3.8, 4) is 0 Å². The van der Waals surface area contributed by atoms with E-state index >= 15 is 0 Å². The van der Waals surface area contributed by atoms with E-state index in [1.165, 1.54) is 0 Å². The van der Waals surface area contributed by atoms with Gasteiger partial charge in [0.05, 0.1) is 12.5 Å². The predicted octanol–water partition coefficient (Wildman–Crippen LogP) is 0.231. The molecule has 0 rings (SSSR count). The van der Waals surface area contributed by atoms with E-state index in [0.717, 1.165) is 6.08 Å². The Balaban J connectivity index is 4.30. The first-order valence-electron chi connectivity index (χ1n) is 3.33. The minimum atomic E-state index is -4.56. The molecule has 0 heterocycles. The van der Waals surface area contributed by atoms with Crippen molar-refractivity contribution in [1.29, 1.82) is 0 Å². The summed E-state index contributed by atoms with van der Waals surface area (Å²) in [5.41, 5.74) is 0.